The molecule has 6 heteroatoms. The van der Waals surface area contributed by atoms with Gasteiger partial charge in [-0.3, -0.25) is 4.40 Å². The minimum atomic E-state index is 0.588. The van der Waals surface area contributed by atoms with Gasteiger partial charge >= 0.3 is 0 Å². The maximum absolute atomic E-state index is 6.19. The molecule has 4 aromatic rings. The Balaban J connectivity index is 1.99. The highest BCUT2D eigenvalue weighted by Gasteiger charge is 2.14. The van der Waals surface area contributed by atoms with Crippen molar-refractivity contribution in [3.05, 3.63) is 53.4 Å². The van der Waals surface area contributed by atoms with Crippen LogP contribution in [0, 0.1) is 0 Å². The van der Waals surface area contributed by atoms with Gasteiger partial charge in [-0.25, -0.2) is 9.97 Å². The highest BCUT2D eigenvalue weighted by atomic mass is 79.9. The minimum absolute atomic E-state index is 0.588. The Morgan fingerprint density at radius 2 is 1.90 bits per heavy atom. The van der Waals surface area contributed by atoms with Crippen LogP contribution in [0.4, 0.5) is 5.82 Å². The molecule has 5 nitrogen and oxygen atoms in total. The predicted octanol–water partition coefficient (Wildman–Crippen LogP) is 2.99. The third-order valence-corrected chi connectivity index (χ3v) is 3.70. The Morgan fingerprint density at radius 1 is 1.00 bits per heavy atom. The molecule has 0 unspecified atom stereocenters. The van der Waals surface area contributed by atoms with Crippen LogP contribution >= 0.6 is 15.9 Å². The molecule has 0 spiro atoms. The first kappa shape index (κ1) is 11.5. The number of anilines is 1. The van der Waals surface area contributed by atoms with Crippen molar-refractivity contribution in [2.75, 3.05) is 5.73 Å². The van der Waals surface area contributed by atoms with Crippen LogP contribution in [0.15, 0.2) is 53.4 Å². The smallest absolute Gasteiger partial charge is 0.139 e. The second-order valence-electron chi connectivity index (χ2n) is 4.51. The van der Waals surface area contributed by atoms with E-state index in [0.717, 1.165) is 21.5 Å². The van der Waals surface area contributed by atoms with Crippen molar-refractivity contribution < 1.29 is 0 Å². The number of nitrogens with zero attached hydrogens (tertiary/aromatic N) is 4. The van der Waals surface area contributed by atoms with Gasteiger partial charge < -0.3 is 10.1 Å². The van der Waals surface area contributed by atoms with Crippen LogP contribution in [-0.2, 0) is 0 Å². The molecule has 0 saturated heterocycles. The predicted molar refractivity (Wildman–Crippen MR) is 81.5 cm³/mol. The highest BCUT2D eigenvalue weighted by molar-refractivity contribution is 9.10. The lowest BCUT2D eigenvalue weighted by atomic mass is 10.3. The van der Waals surface area contributed by atoms with E-state index in [1.807, 2.05) is 57.7 Å². The van der Waals surface area contributed by atoms with E-state index in [2.05, 4.69) is 25.9 Å². The number of imidazole rings is 2. The number of hydrogen-bond donors (Lipinski definition) is 1. The first-order valence-corrected chi connectivity index (χ1v) is 6.89. The van der Waals surface area contributed by atoms with Gasteiger partial charge in [0.1, 0.15) is 28.5 Å². The zero-order valence-corrected chi connectivity index (χ0v) is 11.9. The van der Waals surface area contributed by atoms with E-state index in [4.69, 9.17) is 5.73 Å². The number of aromatic nitrogens is 4. The average molecular weight is 328 g/mol. The molecule has 98 valence electrons. The van der Waals surface area contributed by atoms with E-state index in [0.29, 0.717) is 11.5 Å². The molecule has 2 N–H and O–H groups in total. The van der Waals surface area contributed by atoms with Crippen LogP contribution in [0.5, 0.6) is 0 Å². The third kappa shape index (κ3) is 1.61. The van der Waals surface area contributed by atoms with Gasteiger partial charge in [0.15, 0.2) is 0 Å². The number of halogens is 1. The Bertz CT molecular complexity index is 904. The number of fused-ring (bicyclic) bond motifs is 2. The fraction of sp³-hybridized carbons (Fsp3) is 0. The average Bonchev–Trinajstić information content (AvgIpc) is 3.01. The molecule has 0 amide bonds. The van der Waals surface area contributed by atoms with Gasteiger partial charge in [0, 0.05) is 23.1 Å². The summed E-state index contributed by atoms with van der Waals surface area (Å²) in [6.45, 7) is 0. The summed E-state index contributed by atoms with van der Waals surface area (Å²) >= 11 is 3.44. The molecule has 0 bridgehead atoms. The van der Waals surface area contributed by atoms with Gasteiger partial charge in [-0.15, -0.1) is 0 Å². The van der Waals surface area contributed by atoms with Gasteiger partial charge in [-0.05, 0) is 40.2 Å². The van der Waals surface area contributed by atoms with Crippen LogP contribution in [0.1, 0.15) is 0 Å². The molecule has 4 rings (SSSR count). The van der Waals surface area contributed by atoms with Gasteiger partial charge in [0.25, 0.3) is 0 Å². The molecule has 0 aromatic carbocycles. The first-order valence-electron chi connectivity index (χ1n) is 6.09. The molecule has 4 aromatic heterocycles. The molecule has 0 aliphatic heterocycles. The summed E-state index contributed by atoms with van der Waals surface area (Å²) in [5.41, 5.74) is 9.34. The van der Waals surface area contributed by atoms with Crippen molar-refractivity contribution in [2.45, 2.75) is 0 Å². The topological polar surface area (TPSA) is 60.6 Å². The quantitative estimate of drug-likeness (QED) is 0.584. The summed E-state index contributed by atoms with van der Waals surface area (Å²) in [5.74, 6) is 0.588. The van der Waals surface area contributed by atoms with Gasteiger partial charge in [-0.1, -0.05) is 6.07 Å². The molecular weight excluding hydrogens is 318 g/mol. The molecule has 0 aliphatic rings. The van der Waals surface area contributed by atoms with E-state index in [1.165, 1.54) is 0 Å². The SMILES string of the molecule is Nc1c(-c2cn3ccccc3n2)nc2ccc(Br)cn12. The number of nitrogen functional groups attached to an aromatic ring is 1. The van der Waals surface area contributed by atoms with E-state index in [9.17, 15) is 0 Å². The van der Waals surface area contributed by atoms with Gasteiger partial charge in [0.05, 0.1) is 0 Å². The van der Waals surface area contributed by atoms with E-state index in [-0.39, 0.29) is 0 Å². The van der Waals surface area contributed by atoms with Crippen molar-refractivity contribution in [3.8, 4) is 11.4 Å². The summed E-state index contributed by atoms with van der Waals surface area (Å²) < 4.78 is 4.76. The molecule has 0 saturated carbocycles. The van der Waals surface area contributed by atoms with Crippen molar-refractivity contribution >= 4 is 33.0 Å². The fourth-order valence-corrected chi connectivity index (χ4v) is 2.61. The second-order valence-corrected chi connectivity index (χ2v) is 5.43. The molecule has 0 fully saturated rings. The summed E-state index contributed by atoms with van der Waals surface area (Å²) in [6.07, 6.45) is 5.79. The molecule has 0 aliphatic carbocycles. The highest BCUT2D eigenvalue weighted by Crippen LogP contribution is 2.27. The lowest BCUT2D eigenvalue weighted by Crippen LogP contribution is -1.94. The van der Waals surface area contributed by atoms with Gasteiger partial charge in [-0.2, -0.15) is 0 Å². The van der Waals surface area contributed by atoms with Crippen LogP contribution < -0.4 is 5.73 Å². The van der Waals surface area contributed by atoms with Crippen molar-refractivity contribution in [1.29, 1.82) is 0 Å². The largest absolute Gasteiger partial charge is 0.383 e. The second kappa shape index (κ2) is 4.08. The monoisotopic (exact) mass is 327 g/mol. The number of nitrogens with two attached hydrogens (primary N) is 1. The molecule has 4 heterocycles. The van der Waals surface area contributed by atoms with E-state index in [1.54, 1.807) is 0 Å². The van der Waals surface area contributed by atoms with Crippen LogP contribution in [0.25, 0.3) is 22.7 Å². The zero-order chi connectivity index (χ0) is 13.7. The Labute approximate surface area is 122 Å². The maximum Gasteiger partial charge on any atom is 0.139 e. The number of rotatable bonds is 1. The third-order valence-electron chi connectivity index (χ3n) is 3.23. The van der Waals surface area contributed by atoms with Crippen molar-refractivity contribution in [3.63, 3.8) is 0 Å². The van der Waals surface area contributed by atoms with Gasteiger partial charge in [0.2, 0.25) is 0 Å². The van der Waals surface area contributed by atoms with Crippen LogP contribution in [0.3, 0.4) is 0 Å². The van der Waals surface area contributed by atoms with E-state index >= 15 is 0 Å². The standard InChI is InChI=1S/C14H10BrN5/c15-9-4-5-12-18-13(14(16)20(12)7-9)10-8-19-6-2-1-3-11(19)17-10/h1-8H,16H2. The summed E-state index contributed by atoms with van der Waals surface area (Å²) in [7, 11) is 0. The lowest BCUT2D eigenvalue weighted by Gasteiger charge is -1.96. The van der Waals surface area contributed by atoms with E-state index < -0.39 is 0 Å². The fourth-order valence-electron chi connectivity index (χ4n) is 2.27. The molecular formula is C14H10BrN5. The van der Waals surface area contributed by atoms with Crippen molar-refractivity contribution in [2.24, 2.45) is 0 Å². The number of hydrogen-bond acceptors (Lipinski definition) is 3. The lowest BCUT2D eigenvalue weighted by molar-refractivity contribution is 1.18. The van der Waals surface area contributed by atoms with Crippen LogP contribution in [0.2, 0.25) is 0 Å². The Kier molecular flexibility index (Phi) is 2.34. The molecule has 20 heavy (non-hydrogen) atoms. The maximum atomic E-state index is 6.19. The molecule has 0 atom stereocenters. The molecule has 0 radical (unpaired) electrons. The summed E-state index contributed by atoms with van der Waals surface area (Å²) in [5, 5.41) is 0. The minimum Gasteiger partial charge on any atom is -0.383 e. The summed E-state index contributed by atoms with van der Waals surface area (Å²) in [6, 6.07) is 9.72. The van der Waals surface area contributed by atoms with Crippen LogP contribution in [-0.4, -0.2) is 18.8 Å². The normalized spacial score (nSPS) is 11.4. The van der Waals surface area contributed by atoms with Crippen molar-refractivity contribution in [1.82, 2.24) is 18.8 Å². The Morgan fingerprint density at radius 3 is 2.75 bits per heavy atom. The summed E-state index contributed by atoms with van der Waals surface area (Å²) in [4.78, 5) is 9.12. The number of pyridine rings is 2. The first-order chi connectivity index (χ1) is 9.72. The Hall–Kier alpha value is -2.34. The zero-order valence-electron chi connectivity index (χ0n) is 10.4.